The lowest BCUT2D eigenvalue weighted by Crippen LogP contribution is -2.57. The Morgan fingerprint density at radius 3 is 2.35 bits per heavy atom. The van der Waals surface area contributed by atoms with E-state index in [-0.39, 0.29) is 17.9 Å². The van der Waals surface area contributed by atoms with E-state index >= 15 is 0 Å². The van der Waals surface area contributed by atoms with E-state index in [2.05, 4.69) is 9.62 Å². The first kappa shape index (κ1) is 14.9. The topological polar surface area (TPSA) is 69.6 Å². The highest BCUT2D eigenvalue weighted by atomic mass is 32.2. The molecular formula is C11H24N2O3S. The summed E-state index contributed by atoms with van der Waals surface area (Å²) in [5.74, 6) is 0.108. The lowest BCUT2D eigenvalue weighted by Gasteiger charge is -2.47. The molecule has 0 heterocycles. The Bertz CT molecular complexity index is 324. The normalized spacial score (nSPS) is 19.3. The van der Waals surface area contributed by atoms with Gasteiger partial charge in [0.2, 0.25) is 10.0 Å². The molecule has 1 rings (SSSR count). The monoisotopic (exact) mass is 264 g/mol. The van der Waals surface area contributed by atoms with Crippen molar-refractivity contribution in [1.82, 2.24) is 9.62 Å². The van der Waals surface area contributed by atoms with Crippen LogP contribution in [0.2, 0.25) is 0 Å². The number of sulfonamides is 1. The average molecular weight is 264 g/mol. The summed E-state index contributed by atoms with van der Waals surface area (Å²) in [6.07, 6.45) is 4.34. The predicted molar refractivity (Wildman–Crippen MR) is 68.4 cm³/mol. The number of likely N-dealkylation sites (N-methyl/N-ethyl adjacent to an activating group) is 1. The maximum atomic E-state index is 11.7. The van der Waals surface area contributed by atoms with Gasteiger partial charge in [0.1, 0.15) is 0 Å². The summed E-state index contributed by atoms with van der Waals surface area (Å²) in [6.45, 7) is 0.554. The second kappa shape index (κ2) is 6.13. The molecule has 2 N–H and O–H groups in total. The van der Waals surface area contributed by atoms with E-state index in [9.17, 15) is 8.42 Å². The van der Waals surface area contributed by atoms with E-state index in [1.165, 1.54) is 6.42 Å². The van der Waals surface area contributed by atoms with Crippen molar-refractivity contribution in [2.75, 3.05) is 33.0 Å². The van der Waals surface area contributed by atoms with Gasteiger partial charge in [-0.05, 0) is 46.2 Å². The van der Waals surface area contributed by atoms with Gasteiger partial charge in [-0.1, -0.05) is 0 Å². The quantitative estimate of drug-likeness (QED) is 0.613. The zero-order valence-corrected chi connectivity index (χ0v) is 11.6. The van der Waals surface area contributed by atoms with Crippen molar-refractivity contribution in [3.8, 4) is 0 Å². The number of aliphatic hydroxyl groups is 1. The Hall–Kier alpha value is -0.170. The molecule has 0 bridgehead atoms. The van der Waals surface area contributed by atoms with E-state index in [0.717, 1.165) is 12.8 Å². The van der Waals surface area contributed by atoms with Gasteiger partial charge in [-0.25, -0.2) is 13.1 Å². The molecule has 0 aliphatic heterocycles. The summed E-state index contributed by atoms with van der Waals surface area (Å²) < 4.78 is 26.1. The molecule has 0 amide bonds. The van der Waals surface area contributed by atoms with Gasteiger partial charge >= 0.3 is 0 Å². The molecular weight excluding hydrogens is 240 g/mol. The largest absolute Gasteiger partial charge is 0.396 e. The first-order valence-corrected chi connectivity index (χ1v) is 7.83. The molecule has 6 heteroatoms. The highest BCUT2D eigenvalue weighted by molar-refractivity contribution is 7.89. The zero-order chi connectivity index (χ0) is 12.9. The summed E-state index contributed by atoms with van der Waals surface area (Å²) >= 11 is 0. The molecule has 5 nitrogen and oxygen atoms in total. The van der Waals surface area contributed by atoms with Crippen molar-refractivity contribution in [3.63, 3.8) is 0 Å². The van der Waals surface area contributed by atoms with Crippen LogP contribution in [-0.4, -0.2) is 57.0 Å². The third kappa shape index (κ3) is 4.21. The first-order valence-electron chi connectivity index (χ1n) is 6.17. The van der Waals surface area contributed by atoms with E-state index < -0.39 is 10.0 Å². The van der Waals surface area contributed by atoms with Crippen LogP contribution in [0, 0.1) is 0 Å². The molecule has 0 aromatic rings. The fraction of sp³-hybridized carbons (Fsp3) is 1.00. The highest BCUT2D eigenvalue weighted by Crippen LogP contribution is 2.35. The van der Waals surface area contributed by atoms with E-state index in [4.69, 9.17) is 5.11 Å². The molecule has 0 radical (unpaired) electrons. The zero-order valence-electron chi connectivity index (χ0n) is 10.8. The van der Waals surface area contributed by atoms with Crippen molar-refractivity contribution in [1.29, 1.82) is 0 Å². The van der Waals surface area contributed by atoms with Gasteiger partial charge in [0.15, 0.2) is 0 Å². The molecule has 0 unspecified atom stereocenters. The Morgan fingerprint density at radius 1 is 1.29 bits per heavy atom. The van der Waals surface area contributed by atoms with Crippen molar-refractivity contribution in [2.45, 2.75) is 37.6 Å². The van der Waals surface area contributed by atoms with Crippen LogP contribution in [0.1, 0.15) is 32.1 Å². The molecule has 17 heavy (non-hydrogen) atoms. The molecule has 0 saturated heterocycles. The van der Waals surface area contributed by atoms with Crippen molar-refractivity contribution < 1.29 is 13.5 Å². The van der Waals surface area contributed by atoms with E-state index in [1.54, 1.807) is 0 Å². The lowest BCUT2D eigenvalue weighted by atomic mass is 9.76. The van der Waals surface area contributed by atoms with Gasteiger partial charge < -0.3 is 10.0 Å². The van der Waals surface area contributed by atoms with Gasteiger partial charge in [-0.15, -0.1) is 0 Å². The van der Waals surface area contributed by atoms with Crippen LogP contribution in [0.15, 0.2) is 0 Å². The molecule has 1 saturated carbocycles. The second-order valence-corrected chi connectivity index (χ2v) is 6.97. The van der Waals surface area contributed by atoms with Crippen molar-refractivity contribution in [3.05, 3.63) is 0 Å². The Kier molecular flexibility index (Phi) is 5.37. The Labute approximate surface area is 104 Å². The number of aliphatic hydroxyl groups excluding tert-OH is 1. The van der Waals surface area contributed by atoms with Gasteiger partial charge in [-0.2, -0.15) is 0 Å². The molecule has 0 aromatic carbocycles. The molecule has 0 spiro atoms. The maximum absolute atomic E-state index is 11.7. The number of hydrogen-bond acceptors (Lipinski definition) is 4. The summed E-state index contributed by atoms with van der Waals surface area (Å²) in [4.78, 5) is 2.12. The molecule has 1 fully saturated rings. The number of rotatable bonds is 8. The molecule has 102 valence electrons. The maximum Gasteiger partial charge on any atom is 0.211 e. The third-order valence-corrected chi connectivity index (χ3v) is 5.09. The average Bonchev–Trinajstić information content (AvgIpc) is 2.15. The van der Waals surface area contributed by atoms with Crippen molar-refractivity contribution >= 4 is 10.0 Å². The van der Waals surface area contributed by atoms with Crippen LogP contribution in [0.4, 0.5) is 0 Å². The second-order valence-electron chi connectivity index (χ2n) is 5.04. The van der Waals surface area contributed by atoms with Gasteiger partial charge in [0.05, 0.1) is 5.75 Å². The Morgan fingerprint density at radius 2 is 1.94 bits per heavy atom. The minimum absolute atomic E-state index is 0.0179. The smallest absolute Gasteiger partial charge is 0.211 e. The van der Waals surface area contributed by atoms with Crippen LogP contribution in [0.3, 0.4) is 0 Å². The number of nitrogens with one attached hydrogen (secondary N) is 1. The number of unbranched alkanes of at least 4 members (excludes halogenated alkanes) is 1. The SMILES string of the molecule is CN(C)C1(CNS(=O)(=O)CCCCO)CCC1. The molecule has 1 aliphatic carbocycles. The minimum Gasteiger partial charge on any atom is -0.396 e. The van der Waals surface area contributed by atoms with Gasteiger partial charge in [0.25, 0.3) is 0 Å². The fourth-order valence-corrected chi connectivity index (χ4v) is 3.30. The van der Waals surface area contributed by atoms with Crippen LogP contribution in [0.25, 0.3) is 0 Å². The number of nitrogens with zero attached hydrogens (tertiary/aromatic N) is 1. The fourth-order valence-electron chi connectivity index (χ4n) is 2.09. The summed E-state index contributed by atoms with van der Waals surface area (Å²) in [7, 11) is 0.814. The lowest BCUT2D eigenvalue weighted by molar-refractivity contribution is 0.0657. The minimum atomic E-state index is -3.18. The van der Waals surface area contributed by atoms with Gasteiger partial charge in [-0.3, -0.25) is 0 Å². The van der Waals surface area contributed by atoms with E-state index in [1.807, 2.05) is 14.1 Å². The van der Waals surface area contributed by atoms with Crippen LogP contribution >= 0.6 is 0 Å². The number of hydrogen-bond donors (Lipinski definition) is 2. The third-order valence-electron chi connectivity index (χ3n) is 3.68. The summed E-state index contributed by atoms with van der Waals surface area (Å²) in [5, 5.41) is 8.62. The van der Waals surface area contributed by atoms with Gasteiger partial charge in [0, 0.05) is 18.7 Å². The first-order chi connectivity index (χ1) is 7.92. The summed E-state index contributed by atoms with van der Waals surface area (Å²) in [5.41, 5.74) is 0.0179. The van der Waals surface area contributed by atoms with Crippen molar-refractivity contribution in [2.24, 2.45) is 0 Å². The van der Waals surface area contributed by atoms with Crippen LogP contribution < -0.4 is 4.72 Å². The van der Waals surface area contributed by atoms with Crippen LogP contribution in [-0.2, 0) is 10.0 Å². The Balaban J connectivity index is 2.38. The standard InChI is InChI=1S/C11H24N2O3S/c1-13(2)11(6-5-7-11)10-12-17(15,16)9-4-3-8-14/h12,14H,3-10H2,1-2H3. The summed E-state index contributed by atoms with van der Waals surface area (Å²) in [6, 6.07) is 0. The highest BCUT2D eigenvalue weighted by Gasteiger charge is 2.39. The molecule has 0 aromatic heterocycles. The molecule has 1 aliphatic rings. The van der Waals surface area contributed by atoms with Crippen LogP contribution in [0.5, 0.6) is 0 Å². The predicted octanol–water partition coefficient (Wildman–Crippen LogP) is 0.163. The van der Waals surface area contributed by atoms with E-state index in [0.29, 0.717) is 19.4 Å². The molecule has 0 atom stereocenters.